The van der Waals surface area contributed by atoms with E-state index in [1.807, 2.05) is 18.4 Å². The molecule has 2 aromatic heterocycles. The van der Waals surface area contributed by atoms with Gasteiger partial charge in [0, 0.05) is 17.1 Å². The molecule has 0 aliphatic carbocycles. The van der Waals surface area contributed by atoms with Crippen LogP contribution in [-0.4, -0.2) is 16.5 Å². The molecule has 0 aromatic carbocycles. The van der Waals surface area contributed by atoms with Gasteiger partial charge in [0.1, 0.15) is 5.82 Å². The molecule has 2 aromatic rings. The maximum absolute atomic E-state index is 5.96. The molecular weight excluding hydrogens is 256 g/mol. The summed E-state index contributed by atoms with van der Waals surface area (Å²) in [7, 11) is 0. The van der Waals surface area contributed by atoms with E-state index < -0.39 is 0 Å². The molecule has 0 saturated heterocycles. The normalized spacial score (nSPS) is 12.6. The number of nitrogens with one attached hydrogen (secondary N) is 1. The Morgan fingerprint density at radius 3 is 3.00 bits per heavy atom. The van der Waals surface area contributed by atoms with E-state index in [-0.39, 0.29) is 6.04 Å². The van der Waals surface area contributed by atoms with Crippen LogP contribution < -0.4 is 11.1 Å². The zero-order valence-electron chi connectivity index (χ0n) is 9.35. The quantitative estimate of drug-likeness (QED) is 0.894. The van der Waals surface area contributed by atoms with Crippen molar-refractivity contribution in [3.63, 3.8) is 0 Å². The molecule has 0 saturated carbocycles. The van der Waals surface area contributed by atoms with E-state index in [1.54, 1.807) is 23.0 Å². The Hall–Kier alpha value is -1.17. The maximum atomic E-state index is 5.96. The number of hydrogen-bond acceptors (Lipinski definition) is 5. The van der Waals surface area contributed by atoms with E-state index in [4.69, 9.17) is 17.3 Å². The van der Waals surface area contributed by atoms with Crippen LogP contribution >= 0.6 is 22.9 Å². The van der Waals surface area contributed by atoms with Crippen molar-refractivity contribution in [1.82, 2.24) is 15.3 Å². The summed E-state index contributed by atoms with van der Waals surface area (Å²) in [5.74, 6) is 0.480. The van der Waals surface area contributed by atoms with Crippen LogP contribution in [0.4, 0.5) is 5.82 Å². The van der Waals surface area contributed by atoms with E-state index in [9.17, 15) is 0 Å². The molecule has 0 aliphatic heterocycles. The highest BCUT2D eigenvalue weighted by molar-refractivity contribution is 7.07. The lowest BCUT2D eigenvalue weighted by Gasteiger charge is -2.17. The van der Waals surface area contributed by atoms with Gasteiger partial charge in [0.05, 0.1) is 22.3 Å². The minimum absolute atomic E-state index is 0.0579. The van der Waals surface area contributed by atoms with Crippen molar-refractivity contribution >= 4 is 28.8 Å². The van der Waals surface area contributed by atoms with Gasteiger partial charge >= 0.3 is 0 Å². The Bertz CT molecular complexity index is 486. The fourth-order valence-corrected chi connectivity index (χ4v) is 2.39. The fourth-order valence-electron chi connectivity index (χ4n) is 1.64. The van der Waals surface area contributed by atoms with Crippen molar-refractivity contribution in [3.8, 4) is 0 Å². The third kappa shape index (κ3) is 2.74. The highest BCUT2D eigenvalue weighted by atomic mass is 35.5. The van der Waals surface area contributed by atoms with E-state index in [0.29, 0.717) is 10.8 Å². The van der Waals surface area contributed by atoms with Crippen molar-refractivity contribution in [2.45, 2.75) is 13.0 Å². The highest BCUT2D eigenvalue weighted by Gasteiger charge is 2.18. The van der Waals surface area contributed by atoms with Gasteiger partial charge in [0.15, 0.2) is 0 Å². The van der Waals surface area contributed by atoms with Crippen LogP contribution in [0.5, 0.6) is 0 Å². The summed E-state index contributed by atoms with van der Waals surface area (Å²) in [6, 6.07) is 1.77. The molecule has 0 spiro atoms. The summed E-state index contributed by atoms with van der Waals surface area (Å²) >= 11 is 7.51. The number of nitrogen functional groups attached to an aromatic ring is 1. The predicted octanol–water partition coefficient (Wildman–Crippen LogP) is 2.47. The van der Waals surface area contributed by atoms with E-state index in [2.05, 4.69) is 15.3 Å². The molecule has 1 atom stereocenters. The predicted molar refractivity (Wildman–Crippen MR) is 71.3 cm³/mol. The molecule has 2 rings (SSSR count). The highest BCUT2D eigenvalue weighted by Crippen LogP contribution is 2.27. The van der Waals surface area contributed by atoms with Crippen LogP contribution in [0.15, 0.2) is 23.2 Å². The number of hydrogen-bond donors (Lipinski definition) is 2. The second-order valence-electron chi connectivity index (χ2n) is 3.53. The summed E-state index contributed by atoms with van der Waals surface area (Å²) in [4.78, 5) is 8.39. The van der Waals surface area contributed by atoms with Crippen LogP contribution in [-0.2, 0) is 0 Å². The topological polar surface area (TPSA) is 63.8 Å². The van der Waals surface area contributed by atoms with Gasteiger partial charge < -0.3 is 11.1 Å². The Morgan fingerprint density at radius 1 is 1.53 bits per heavy atom. The minimum atomic E-state index is -0.0579. The number of anilines is 1. The Kier molecular flexibility index (Phi) is 3.93. The van der Waals surface area contributed by atoms with Gasteiger partial charge in [-0.3, -0.25) is 0 Å². The van der Waals surface area contributed by atoms with Crippen molar-refractivity contribution in [2.75, 3.05) is 12.3 Å². The molecule has 90 valence electrons. The number of aromatic nitrogens is 2. The largest absolute Gasteiger partial charge is 0.383 e. The molecular formula is C11H13ClN4S. The summed E-state index contributed by atoms with van der Waals surface area (Å²) in [6.07, 6.45) is 1.55. The lowest BCUT2D eigenvalue weighted by molar-refractivity contribution is 0.618. The molecule has 17 heavy (non-hydrogen) atoms. The SMILES string of the molecule is CCNC(c1cscn1)c1cc(Cl)cnc1N. The first kappa shape index (κ1) is 12.3. The van der Waals surface area contributed by atoms with Crippen LogP contribution in [0.2, 0.25) is 5.02 Å². The summed E-state index contributed by atoms with van der Waals surface area (Å²) in [5, 5.41) is 5.90. The number of thiazole rings is 1. The molecule has 0 radical (unpaired) electrons. The molecule has 6 heteroatoms. The van der Waals surface area contributed by atoms with Gasteiger partial charge in [-0.05, 0) is 12.6 Å². The second-order valence-corrected chi connectivity index (χ2v) is 4.69. The van der Waals surface area contributed by atoms with Gasteiger partial charge in [-0.15, -0.1) is 11.3 Å². The van der Waals surface area contributed by atoms with E-state index in [1.165, 1.54) is 0 Å². The Balaban J connectivity index is 2.42. The smallest absolute Gasteiger partial charge is 0.128 e. The first-order valence-corrected chi connectivity index (χ1v) is 6.56. The Labute approximate surface area is 109 Å². The molecule has 0 bridgehead atoms. The average Bonchev–Trinajstić information content (AvgIpc) is 2.83. The molecule has 3 N–H and O–H groups in total. The Morgan fingerprint density at radius 2 is 2.35 bits per heavy atom. The zero-order valence-corrected chi connectivity index (χ0v) is 10.9. The number of halogens is 1. The third-order valence-electron chi connectivity index (χ3n) is 2.38. The van der Waals surface area contributed by atoms with Crippen LogP contribution in [0.3, 0.4) is 0 Å². The number of pyridine rings is 1. The number of nitrogens with zero attached hydrogens (tertiary/aromatic N) is 2. The van der Waals surface area contributed by atoms with Crippen molar-refractivity contribution in [2.24, 2.45) is 0 Å². The lowest BCUT2D eigenvalue weighted by Crippen LogP contribution is -2.23. The summed E-state index contributed by atoms with van der Waals surface area (Å²) < 4.78 is 0. The van der Waals surface area contributed by atoms with E-state index >= 15 is 0 Å². The minimum Gasteiger partial charge on any atom is -0.383 e. The van der Waals surface area contributed by atoms with E-state index in [0.717, 1.165) is 17.8 Å². The first-order valence-electron chi connectivity index (χ1n) is 5.24. The monoisotopic (exact) mass is 268 g/mol. The first-order chi connectivity index (χ1) is 8.22. The second kappa shape index (κ2) is 5.44. The molecule has 4 nitrogen and oxygen atoms in total. The lowest BCUT2D eigenvalue weighted by atomic mass is 10.1. The van der Waals surface area contributed by atoms with Crippen molar-refractivity contribution in [1.29, 1.82) is 0 Å². The summed E-state index contributed by atoms with van der Waals surface area (Å²) in [6.45, 7) is 2.85. The van der Waals surface area contributed by atoms with Crippen molar-refractivity contribution in [3.05, 3.63) is 39.4 Å². The molecule has 0 amide bonds. The van der Waals surface area contributed by atoms with Crippen LogP contribution in [0.1, 0.15) is 24.2 Å². The van der Waals surface area contributed by atoms with Gasteiger partial charge in [-0.1, -0.05) is 18.5 Å². The molecule has 2 heterocycles. The number of rotatable bonds is 4. The molecule has 0 fully saturated rings. The van der Waals surface area contributed by atoms with Crippen molar-refractivity contribution < 1.29 is 0 Å². The maximum Gasteiger partial charge on any atom is 0.128 e. The molecule has 0 aliphatic rings. The molecule has 1 unspecified atom stereocenters. The average molecular weight is 269 g/mol. The van der Waals surface area contributed by atoms with Crippen LogP contribution in [0, 0.1) is 0 Å². The van der Waals surface area contributed by atoms with Gasteiger partial charge in [0.2, 0.25) is 0 Å². The van der Waals surface area contributed by atoms with Gasteiger partial charge in [-0.2, -0.15) is 0 Å². The zero-order chi connectivity index (χ0) is 12.3. The third-order valence-corrected chi connectivity index (χ3v) is 3.19. The summed E-state index contributed by atoms with van der Waals surface area (Å²) in [5.41, 5.74) is 9.50. The number of nitrogens with two attached hydrogens (primary N) is 1. The van der Waals surface area contributed by atoms with Gasteiger partial charge in [0.25, 0.3) is 0 Å². The van der Waals surface area contributed by atoms with Crippen LogP contribution in [0.25, 0.3) is 0 Å². The standard InChI is InChI=1S/C11H13ClN4S/c1-2-14-10(9-5-17-6-16-9)8-3-7(12)4-15-11(8)13/h3-6,10,14H,2H2,1H3,(H2,13,15). The fraction of sp³-hybridized carbons (Fsp3) is 0.273. The van der Waals surface area contributed by atoms with Gasteiger partial charge in [-0.25, -0.2) is 9.97 Å².